The van der Waals surface area contributed by atoms with Crippen LogP contribution in [0.5, 0.6) is 0 Å². The average Bonchev–Trinajstić information content (AvgIpc) is 3.09. The van der Waals surface area contributed by atoms with E-state index in [0.29, 0.717) is 4.96 Å². The van der Waals surface area contributed by atoms with Gasteiger partial charge in [-0.25, -0.2) is 4.98 Å². The summed E-state index contributed by atoms with van der Waals surface area (Å²) in [5.41, 5.74) is 1.38. The lowest BCUT2D eigenvalue weighted by atomic mass is 9.99. The minimum absolute atomic E-state index is 0.143. The lowest BCUT2D eigenvalue weighted by molar-refractivity contribution is 0.697. The Morgan fingerprint density at radius 2 is 2.19 bits per heavy atom. The smallest absolute Gasteiger partial charge is 0.275 e. The zero-order chi connectivity index (χ0) is 14.2. The number of nitrogens with zero attached hydrogens (tertiary/aromatic N) is 3. The lowest BCUT2D eigenvalue weighted by Gasteiger charge is -2.08. The molecule has 7 heteroatoms. The van der Waals surface area contributed by atoms with Gasteiger partial charge in [-0.2, -0.15) is 4.52 Å². The maximum Gasteiger partial charge on any atom is 0.275 e. The third kappa shape index (κ3) is 2.47. The van der Waals surface area contributed by atoms with Crippen molar-refractivity contribution in [2.75, 3.05) is 5.32 Å². The van der Waals surface area contributed by atoms with Crippen LogP contribution in [0.15, 0.2) is 23.1 Å². The van der Waals surface area contributed by atoms with Crippen LogP contribution in [0.3, 0.4) is 0 Å². The van der Waals surface area contributed by atoms with Crippen LogP contribution in [-0.4, -0.2) is 14.6 Å². The van der Waals surface area contributed by atoms with Gasteiger partial charge in [0.05, 0.1) is 6.54 Å². The summed E-state index contributed by atoms with van der Waals surface area (Å²) in [6, 6.07) is 3.73. The molecule has 0 spiro atoms. The van der Waals surface area contributed by atoms with Gasteiger partial charge in [0.25, 0.3) is 5.56 Å². The summed E-state index contributed by atoms with van der Waals surface area (Å²) >= 11 is 3.29. The zero-order valence-electron chi connectivity index (χ0n) is 11.3. The second-order valence-corrected chi connectivity index (χ2v) is 7.28. The molecule has 5 nitrogen and oxygen atoms in total. The molecule has 21 heavy (non-hydrogen) atoms. The van der Waals surface area contributed by atoms with Gasteiger partial charge in [0.2, 0.25) is 10.1 Å². The van der Waals surface area contributed by atoms with E-state index in [2.05, 4.69) is 21.5 Å². The highest BCUT2D eigenvalue weighted by molar-refractivity contribution is 7.20. The predicted octanol–water partition coefficient (Wildman–Crippen LogP) is 2.70. The SMILES string of the molecule is O=c1ccnc2sc(NCc3cc4c(s3)CCCC4)nn12. The van der Waals surface area contributed by atoms with E-state index in [1.165, 1.54) is 64.2 Å². The number of fused-ring (bicyclic) bond motifs is 2. The van der Waals surface area contributed by atoms with Crippen molar-refractivity contribution in [2.45, 2.75) is 32.2 Å². The third-order valence-electron chi connectivity index (χ3n) is 3.63. The fourth-order valence-electron chi connectivity index (χ4n) is 2.62. The van der Waals surface area contributed by atoms with Gasteiger partial charge in [0, 0.05) is 22.0 Å². The molecule has 1 N–H and O–H groups in total. The van der Waals surface area contributed by atoms with Gasteiger partial charge in [-0.05, 0) is 37.3 Å². The molecule has 0 amide bonds. The molecule has 0 fully saturated rings. The number of nitrogens with one attached hydrogen (secondary N) is 1. The van der Waals surface area contributed by atoms with Gasteiger partial charge in [0.1, 0.15) is 0 Å². The summed E-state index contributed by atoms with van der Waals surface area (Å²) in [7, 11) is 0. The summed E-state index contributed by atoms with van der Waals surface area (Å²) < 4.78 is 1.34. The first-order valence-electron chi connectivity index (χ1n) is 6.99. The lowest BCUT2D eigenvalue weighted by Crippen LogP contribution is -2.12. The molecule has 4 rings (SSSR count). The molecule has 0 atom stereocenters. The quantitative estimate of drug-likeness (QED) is 0.806. The largest absolute Gasteiger partial charge is 0.355 e. The number of aromatic nitrogens is 3. The molecule has 1 aliphatic rings. The molecule has 0 radical (unpaired) electrons. The number of aryl methyl sites for hydroxylation is 2. The van der Waals surface area contributed by atoms with Gasteiger partial charge < -0.3 is 5.32 Å². The second-order valence-electron chi connectivity index (χ2n) is 5.11. The van der Waals surface area contributed by atoms with Crippen molar-refractivity contribution in [3.05, 3.63) is 44.0 Å². The number of anilines is 1. The average molecular weight is 318 g/mol. The first-order chi connectivity index (χ1) is 10.3. The first kappa shape index (κ1) is 13.0. The van der Waals surface area contributed by atoms with E-state index in [-0.39, 0.29) is 5.56 Å². The number of rotatable bonds is 3. The van der Waals surface area contributed by atoms with E-state index < -0.39 is 0 Å². The fourth-order valence-corrected chi connectivity index (χ4v) is 4.59. The summed E-state index contributed by atoms with van der Waals surface area (Å²) in [4.78, 5) is 19.3. The Kier molecular flexibility index (Phi) is 3.23. The summed E-state index contributed by atoms with van der Waals surface area (Å²) in [5, 5.41) is 8.30. The summed E-state index contributed by atoms with van der Waals surface area (Å²) in [6.45, 7) is 0.756. The Labute approximate surface area is 129 Å². The molecular formula is C14H14N4OS2. The highest BCUT2D eigenvalue weighted by Crippen LogP contribution is 2.30. The number of hydrogen-bond acceptors (Lipinski definition) is 6. The van der Waals surface area contributed by atoms with Crippen LogP contribution in [0.1, 0.15) is 28.2 Å². The molecular weight excluding hydrogens is 304 g/mol. The number of hydrogen-bond donors (Lipinski definition) is 1. The molecule has 0 saturated heterocycles. The van der Waals surface area contributed by atoms with Crippen molar-refractivity contribution in [2.24, 2.45) is 0 Å². The van der Waals surface area contributed by atoms with Gasteiger partial charge in [-0.1, -0.05) is 11.3 Å². The van der Waals surface area contributed by atoms with Gasteiger partial charge >= 0.3 is 0 Å². The van der Waals surface area contributed by atoms with Crippen molar-refractivity contribution in [3.8, 4) is 0 Å². The van der Waals surface area contributed by atoms with Crippen molar-refractivity contribution in [3.63, 3.8) is 0 Å². The van der Waals surface area contributed by atoms with Crippen LogP contribution in [0.25, 0.3) is 4.96 Å². The standard InChI is InChI=1S/C14H14N4OS2/c19-12-5-6-15-14-18(12)17-13(21-14)16-8-10-7-9-3-1-2-4-11(9)20-10/h5-7H,1-4,8H2,(H,16,17). The monoisotopic (exact) mass is 318 g/mol. The first-order valence-corrected chi connectivity index (χ1v) is 8.62. The molecule has 0 saturated carbocycles. The Hall–Kier alpha value is -1.73. The highest BCUT2D eigenvalue weighted by atomic mass is 32.1. The molecule has 0 aromatic carbocycles. The van der Waals surface area contributed by atoms with Crippen molar-refractivity contribution >= 4 is 32.8 Å². The van der Waals surface area contributed by atoms with E-state index in [9.17, 15) is 4.79 Å². The maximum absolute atomic E-state index is 11.6. The second kappa shape index (κ2) is 5.23. The molecule has 3 aromatic rings. The van der Waals surface area contributed by atoms with Crippen LogP contribution in [0.2, 0.25) is 0 Å². The molecule has 0 aliphatic heterocycles. The van der Waals surface area contributed by atoms with Crippen LogP contribution >= 0.6 is 22.7 Å². The summed E-state index contributed by atoms with van der Waals surface area (Å²) in [6.07, 6.45) is 6.58. The van der Waals surface area contributed by atoms with Crippen LogP contribution in [0, 0.1) is 0 Å². The third-order valence-corrected chi connectivity index (χ3v) is 5.75. The van der Waals surface area contributed by atoms with E-state index in [1.807, 2.05) is 11.3 Å². The summed E-state index contributed by atoms with van der Waals surface area (Å²) in [5.74, 6) is 0. The molecule has 1 aliphatic carbocycles. The maximum atomic E-state index is 11.6. The molecule has 3 heterocycles. The van der Waals surface area contributed by atoms with E-state index in [4.69, 9.17) is 0 Å². The Bertz CT molecular complexity index is 825. The Morgan fingerprint density at radius 1 is 1.29 bits per heavy atom. The normalized spacial score (nSPS) is 14.3. The topological polar surface area (TPSA) is 59.3 Å². The molecule has 108 valence electrons. The van der Waals surface area contributed by atoms with Gasteiger partial charge in [-0.3, -0.25) is 4.79 Å². The minimum Gasteiger partial charge on any atom is -0.355 e. The van der Waals surface area contributed by atoms with Gasteiger partial charge in [-0.15, -0.1) is 16.4 Å². The van der Waals surface area contributed by atoms with Gasteiger partial charge in [0.15, 0.2) is 0 Å². The van der Waals surface area contributed by atoms with Crippen LogP contribution in [-0.2, 0) is 19.4 Å². The molecule has 3 aromatic heterocycles. The number of thiophene rings is 1. The van der Waals surface area contributed by atoms with Crippen LogP contribution < -0.4 is 10.9 Å². The predicted molar refractivity (Wildman–Crippen MR) is 85.4 cm³/mol. The van der Waals surface area contributed by atoms with E-state index >= 15 is 0 Å². The van der Waals surface area contributed by atoms with Crippen molar-refractivity contribution in [1.29, 1.82) is 0 Å². The van der Waals surface area contributed by atoms with E-state index in [1.54, 1.807) is 4.88 Å². The van der Waals surface area contributed by atoms with Crippen LogP contribution in [0.4, 0.5) is 5.13 Å². The van der Waals surface area contributed by atoms with Crippen molar-refractivity contribution < 1.29 is 0 Å². The minimum atomic E-state index is -0.143. The van der Waals surface area contributed by atoms with Crippen molar-refractivity contribution in [1.82, 2.24) is 14.6 Å². The van der Waals surface area contributed by atoms with E-state index in [0.717, 1.165) is 11.7 Å². The fraction of sp³-hybridized carbons (Fsp3) is 0.357. The molecule has 0 bridgehead atoms. The highest BCUT2D eigenvalue weighted by Gasteiger charge is 2.13. The molecule has 0 unspecified atom stereocenters. The Morgan fingerprint density at radius 3 is 3.05 bits per heavy atom. The zero-order valence-corrected chi connectivity index (χ0v) is 13.0. The Balaban J connectivity index is 1.54.